The fourth-order valence-corrected chi connectivity index (χ4v) is 3.08. The summed E-state index contributed by atoms with van der Waals surface area (Å²) in [5, 5.41) is 15.1. The highest BCUT2D eigenvalue weighted by molar-refractivity contribution is 6.09. The van der Waals surface area contributed by atoms with E-state index in [-0.39, 0.29) is 17.4 Å². The monoisotopic (exact) mass is 360 g/mol. The molecule has 6 nitrogen and oxygen atoms in total. The molecule has 1 aliphatic heterocycles. The minimum absolute atomic E-state index is 0.0247. The van der Waals surface area contributed by atoms with Crippen molar-refractivity contribution < 1.29 is 9.59 Å². The molecule has 0 aromatic heterocycles. The first kappa shape index (κ1) is 18.2. The number of amides is 2. The van der Waals surface area contributed by atoms with E-state index < -0.39 is 0 Å². The highest BCUT2D eigenvalue weighted by Crippen LogP contribution is 2.27. The number of hydrogen-bond donors (Lipinski definition) is 2. The van der Waals surface area contributed by atoms with Crippen molar-refractivity contribution in [3.05, 3.63) is 65.9 Å². The predicted octanol–water partition coefficient (Wildman–Crippen LogP) is 3.44. The first-order chi connectivity index (χ1) is 13.1. The number of nitrogens with one attached hydrogen (secondary N) is 2. The Morgan fingerprint density at radius 2 is 1.93 bits per heavy atom. The standard InChI is InChI=1S/C21H20N4O2/c1-15(26)24-19-9-4-8-18(12-19)23-14-17(13-22)21(27)25-11-5-7-16-6-2-3-10-20(16)25/h2-4,6,8-10,12,14,23H,5,7,11H2,1H3,(H,24,26)/b17-14-. The second-order valence-electron chi connectivity index (χ2n) is 6.27. The van der Waals surface area contributed by atoms with Crippen molar-refractivity contribution in [2.24, 2.45) is 0 Å². The van der Waals surface area contributed by atoms with Crippen LogP contribution < -0.4 is 15.5 Å². The van der Waals surface area contributed by atoms with E-state index in [9.17, 15) is 14.9 Å². The molecule has 0 bridgehead atoms. The zero-order valence-corrected chi connectivity index (χ0v) is 15.0. The second kappa shape index (κ2) is 8.19. The fraction of sp³-hybridized carbons (Fsp3) is 0.190. The number of nitrogens with zero attached hydrogens (tertiary/aromatic N) is 2. The molecule has 0 spiro atoms. The summed E-state index contributed by atoms with van der Waals surface area (Å²) in [5.41, 5.74) is 3.31. The summed E-state index contributed by atoms with van der Waals surface area (Å²) < 4.78 is 0. The minimum Gasteiger partial charge on any atom is -0.360 e. The van der Waals surface area contributed by atoms with E-state index in [1.165, 1.54) is 13.1 Å². The molecule has 0 fully saturated rings. The normalized spacial score (nSPS) is 13.3. The van der Waals surface area contributed by atoms with E-state index in [4.69, 9.17) is 0 Å². The van der Waals surface area contributed by atoms with Gasteiger partial charge in [-0.25, -0.2) is 0 Å². The third kappa shape index (κ3) is 4.33. The Hall–Kier alpha value is -3.59. The number of carbonyl (C=O) groups excluding carboxylic acids is 2. The van der Waals surface area contributed by atoms with E-state index in [1.807, 2.05) is 30.3 Å². The fourth-order valence-electron chi connectivity index (χ4n) is 3.08. The van der Waals surface area contributed by atoms with Crippen LogP contribution in [0.1, 0.15) is 18.9 Å². The molecule has 2 amide bonds. The molecule has 2 aromatic carbocycles. The minimum atomic E-state index is -0.324. The lowest BCUT2D eigenvalue weighted by molar-refractivity contribution is -0.115. The zero-order valence-electron chi connectivity index (χ0n) is 15.0. The number of para-hydroxylation sites is 1. The van der Waals surface area contributed by atoms with Crippen molar-refractivity contribution in [2.45, 2.75) is 19.8 Å². The first-order valence-corrected chi connectivity index (χ1v) is 8.72. The van der Waals surface area contributed by atoms with E-state index in [0.29, 0.717) is 17.9 Å². The molecule has 1 aliphatic rings. The molecule has 0 saturated carbocycles. The number of benzene rings is 2. The molecular formula is C21H20N4O2. The number of aryl methyl sites for hydroxylation is 1. The van der Waals surface area contributed by atoms with Crippen LogP contribution in [0.3, 0.4) is 0 Å². The molecule has 27 heavy (non-hydrogen) atoms. The van der Waals surface area contributed by atoms with Gasteiger partial charge in [0.1, 0.15) is 11.6 Å². The smallest absolute Gasteiger partial charge is 0.270 e. The number of hydrogen-bond acceptors (Lipinski definition) is 4. The zero-order chi connectivity index (χ0) is 19.2. The highest BCUT2D eigenvalue weighted by atomic mass is 16.2. The van der Waals surface area contributed by atoms with Crippen molar-refractivity contribution in [3.8, 4) is 6.07 Å². The van der Waals surface area contributed by atoms with E-state index in [1.54, 1.807) is 29.2 Å². The topological polar surface area (TPSA) is 85.2 Å². The van der Waals surface area contributed by atoms with Gasteiger partial charge in [0, 0.05) is 36.7 Å². The molecule has 0 atom stereocenters. The number of rotatable bonds is 4. The Morgan fingerprint density at radius 1 is 1.15 bits per heavy atom. The first-order valence-electron chi connectivity index (χ1n) is 8.72. The van der Waals surface area contributed by atoms with Gasteiger partial charge in [-0.2, -0.15) is 5.26 Å². The van der Waals surface area contributed by atoms with Crippen molar-refractivity contribution >= 4 is 28.9 Å². The van der Waals surface area contributed by atoms with Gasteiger partial charge in [-0.05, 0) is 42.7 Å². The quantitative estimate of drug-likeness (QED) is 0.646. The van der Waals surface area contributed by atoms with Crippen molar-refractivity contribution in [2.75, 3.05) is 22.1 Å². The van der Waals surface area contributed by atoms with Crippen molar-refractivity contribution in [1.29, 1.82) is 5.26 Å². The molecule has 136 valence electrons. The van der Waals surface area contributed by atoms with Crippen LogP contribution in [0.15, 0.2) is 60.3 Å². The van der Waals surface area contributed by atoms with E-state index >= 15 is 0 Å². The molecule has 2 N–H and O–H groups in total. The summed E-state index contributed by atoms with van der Waals surface area (Å²) in [4.78, 5) is 25.7. The highest BCUT2D eigenvalue weighted by Gasteiger charge is 2.24. The van der Waals surface area contributed by atoms with Crippen molar-refractivity contribution in [1.82, 2.24) is 0 Å². The lowest BCUT2D eigenvalue weighted by atomic mass is 10.0. The summed E-state index contributed by atoms with van der Waals surface area (Å²) in [5.74, 6) is -0.491. The van der Waals surface area contributed by atoms with Gasteiger partial charge >= 0.3 is 0 Å². The number of nitriles is 1. The van der Waals surface area contributed by atoms with Gasteiger partial charge < -0.3 is 15.5 Å². The van der Waals surface area contributed by atoms with Crippen LogP contribution in [0.25, 0.3) is 0 Å². The predicted molar refractivity (Wildman–Crippen MR) is 105 cm³/mol. The van der Waals surface area contributed by atoms with Crippen LogP contribution in [0, 0.1) is 11.3 Å². The third-order valence-electron chi connectivity index (χ3n) is 4.27. The van der Waals surface area contributed by atoms with Crippen LogP contribution in [0.5, 0.6) is 0 Å². The average molecular weight is 360 g/mol. The SMILES string of the molecule is CC(=O)Nc1cccc(N/C=C(/C#N)C(=O)N2CCCc3ccccc32)c1. The summed E-state index contributed by atoms with van der Waals surface area (Å²) in [6.07, 6.45) is 3.21. The molecular weight excluding hydrogens is 340 g/mol. The Balaban J connectivity index is 1.78. The molecule has 3 rings (SSSR count). The van der Waals surface area contributed by atoms with E-state index in [0.717, 1.165) is 24.1 Å². The number of carbonyl (C=O) groups is 2. The maximum absolute atomic E-state index is 12.9. The summed E-state index contributed by atoms with van der Waals surface area (Å²) in [7, 11) is 0. The molecule has 2 aromatic rings. The van der Waals surface area contributed by atoms with Crippen LogP contribution in [-0.2, 0) is 16.0 Å². The molecule has 6 heteroatoms. The van der Waals surface area contributed by atoms with Crippen LogP contribution in [-0.4, -0.2) is 18.4 Å². The third-order valence-corrected chi connectivity index (χ3v) is 4.27. The Labute approximate surface area is 158 Å². The lowest BCUT2D eigenvalue weighted by Crippen LogP contribution is -2.36. The molecule has 0 saturated heterocycles. The number of anilines is 3. The number of fused-ring (bicyclic) bond motifs is 1. The Bertz CT molecular complexity index is 943. The molecule has 0 aliphatic carbocycles. The van der Waals surface area contributed by atoms with Crippen LogP contribution >= 0.6 is 0 Å². The molecule has 1 heterocycles. The second-order valence-corrected chi connectivity index (χ2v) is 6.27. The van der Waals surface area contributed by atoms with Gasteiger partial charge in [-0.1, -0.05) is 24.3 Å². The van der Waals surface area contributed by atoms with Gasteiger partial charge in [-0.15, -0.1) is 0 Å². The maximum atomic E-state index is 12.9. The summed E-state index contributed by atoms with van der Waals surface area (Å²) >= 11 is 0. The molecule has 0 unspecified atom stereocenters. The van der Waals surface area contributed by atoms with Gasteiger partial charge in [0.25, 0.3) is 5.91 Å². The average Bonchev–Trinajstić information content (AvgIpc) is 2.67. The van der Waals surface area contributed by atoms with Gasteiger partial charge in [0.15, 0.2) is 0 Å². The Kier molecular flexibility index (Phi) is 5.53. The lowest BCUT2D eigenvalue weighted by Gasteiger charge is -2.29. The van der Waals surface area contributed by atoms with Crippen LogP contribution in [0.2, 0.25) is 0 Å². The summed E-state index contributed by atoms with van der Waals surface area (Å²) in [6, 6.07) is 16.8. The summed E-state index contributed by atoms with van der Waals surface area (Å²) in [6.45, 7) is 2.02. The molecule has 0 radical (unpaired) electrons. The van der Waals surface area contributed by atoms with Crippen molar-refractivity contribution in [3.63, 3.8) is 0 Å². The van der Waals surface area contributed by atoms with Gasteiger partial charge in [0.2, 0.25) is 5.91 Å². The Morgan fingerprint density at radius 3 is 2.70 bits per heavy atom. The maximum Gasteiger partial charge on any atom is 0.270 e. The van der Waals surface area contributed by atoms with E-state index in [2.05, 4.69) is 10.6 Å². The largest absolute Gasteiger partial charge is 0.360 e. The van der Waals surface area contributed by atoms with Gasteiger partial charge in [-0.3, -0.25) is 9.59 Å². The van der Waals surface area contributed by atoms with Crippen LogP contribution in [0.4, 0.5) is 17.1 Å². The van der Waals surface area contributed by atoms with Gasteiger partial charge in [0.05, 0.1) is 0 Å².